The average Bonchev–Trinajstić information content (AvgIpc) is 2.55. The smallest absolute Gasteiger partial charge is 0.238 e. The molecule has 0 heterocycles. The standard InChI is InChI=1S/C18H21FN2O2/c1-21(12-5-13-23-17-6-3-2-4-7-17)14-18(22)20-16-10-8-15(19)9-11-16/h2-4,6-11H,5,12-14H2,1H3,(H,20,22). The first-order valence-electron chi connectivity index (χ1n) is 7.55. The molecular formula is C18H21FN2O2. The normalized spacial score (nSPS) is 10.6. The Morgan fingerprint density at radius 3 is 2.52 bits per heavy atom. The molecule has 2 aromatic carbocycles. The molecule has 23 heavy (non-hydrogen) atoms. The first-order valence-corrected chi connectivity index (χ1v) is 7.55. The number of likely N-dealkylation sites (N-methyl/N-ethyl adjacent to an activating group) is 1. The van der Waals surface area contributed by atoms with Crippen LogP contribution in [0.25, 0.3) is 0 Å². The highest BCUT2D eigenvalue weighted by Gasteiger charge is 2.07. The van der Waals surface area contributed by atoms with Crippen LogP contribution in [0, 0.1) is 5.82 Å². The molecule has 0 aliphatic heterocycles. The quantitative estimate of drug-likeness (QED) is 0.761. The topological polar surface area (TPSA) is 41.6 Å². The summed E-state index contributed by atoms with van der Waals surface area (Å²) in [5.41, 5.74) is 0.595. The van der Waals surface area contributed by atoms with Gasteiger partial charge >= 0.3 is 0 Å². The highest BCUT2D eigenvalue weighted by Crippen LogP contribution is 2.09. The molecule has 0 atom stereocenters. The van der Waals surface area contributed by atoms with Crippen LogP contribution in [0.5, 0.6) is 5.75 Å². The van der Waals surface area contributed by atoms with Crippen LogP contribution in [0.15, 0.2) is 54.6 Å². The van der Waals surface area contributed by atoms with Crippen LogP contribution >= 0.6 is 0 Å². The molecule has 0 aliphatic carbocycles. The zero-order valence-corrected chi connectivity index (χ0v) is 13.2. The summed E-state index contributed by atoms with van der Waals surface area (Å²) in [6, 6.07) is 15.4. The number of amides is 1. The Labute approximate surface area is 135 Å². The van der Waals surface area contributed by atoms with Crippen molar-refractivity contribution in [1.29, 1.82) is 0 Å². The van der Waals surface area contributed by atoms with E-state index in [1.807, 2.05) is 42.3 Å². The highest BCUT2D eigenvalue weighted by atomic mass is 19.1. The molecule has 0 saturated heterocycles. The van der Waals surface area contributed by atoms with Crippen LogP contribution < -0.4 is 10.1 Å². The maximum absolute atomic E-state index is 12.8. The summed E-state index contributed by atoms with van der Waals surface area (Å²) in [6.07, 6.45) is 0.829. The fourth-order valence-corrected chi connectivity index (χ4v) is 2.10. The van der Waals surface area contributed by atoms with E-state index >= 15 is 0 Å². The second-order valence-corrected chi connectivity index (χ2v) is 5.31. The predicted molar refractivity (Wildman–Crippen MR) is 89.1 cm³/mol. The number of para-hydroxylation sites is 1. The number of rotatable bonds is 8. The van der Waals surface area contributed by atoms with Gasteiger partial charge in [0.05, 0.1) is 13.2 Å². The van der Waals surface area contributed by atoms with Crippen molar-refractivity contribution in [1.82, 2.24) is 4.90 Å². The lowest BCUT2D eigenvalue weighted by Gasteiger charge is -2.16. The van der Waals surface area contributed by atoms with Gasteiger partial charge in [0.15, 0.2) is 0 Å². The van der Waals surface area contributed by atoms with Crippen LogP contribution in [-0.4, -0.2) is 37.6 Å². The van der Waals surface area contributed by atoms with E-state index in [9.17, 15) is 9.18 Å². The molecule has 122 valence electrons. The fourth-order valence-electron chi connectivity index (χ4n) is 2.10. The van der Waals surface area contributed by atoms with Gasteiger partial charge in [0.25, 0.3) is 0 Å². The van der Waals surface area contributed by atoms with Crippen molar-refractivity contribution < 1.29 is 13.9 Å². The van der Waals surface area contributed by atoms with Crippen molar-refractivity contribution in [3.05, 3.63) is 60.4 Å². The number of nitrogens with zero attached hydrogens (tertiary/aromatic N) is 1. The van der Waals surface area contributed by atoms with Crippen LogP contribution in [-0.2, 0) is 4.79 Å². The Morgan fingerprint density at radius 2 is 1.83 bits per heavy atom. The van der Waals surface area contributed by atoms with Crippen molar-refractivity contribution in [3.8, 4) is 5.75 Å². The average molecular weight is 316 g/mol. The van der Waals surface area contributed by atoms with Gasteiger partial charge in [0, 0.05) is 12.2 Å². The summed E-state index contributed by atoms with van der Waals surface area (Å²) >= 11 is 0. The Bertz CT molecular complexity index is 602. The van der Waals surface area contributed by atoms with Gasteiger partial charge in [-0.3, -0.25) is 9.69 Å². The van der Waals surface area contributed by atoms with Crippen LogP contribution in [0.2, 0.25) is 0 Å². The number of carbonyl (C=O) groups excluding carboxylic acids is 1. The van der Waals surface area contributed by atoms with Gasteiger partial charge < -0.3 is 10.1 Å². The minimum Gasteiger partial charge on any atom is -0.494 e. The zero-order chi connectivity index (χ0) is 16.5. The first-order chi connectivity index (χ1) is 11.1. The number of ether oxygens (including phenoxy) is 1. The largest absolute Gasteiger partial charge is 0.494 e. The summed E-state index contributed by atoms with van der Waals surface area (Å²) < 4.78 is 18.4. The summed E-state index contributed by atoms with van der Waals surface area (Å²) in [5, 5.41) is 2.74. The Morgan fingerprint density at radius 1 is 1.13 bits per heavy atom. The number of carbonyl (C=O) groups is 1. The van der Waals surface area contributed by atoms with E-state index in [4.69, 9.17) is 4.74 Å². The van der Waals surface area contributed by atoms with Gasteiger partial charge in [-0.1, -0.05) is 18.2 Å². The minimum absolute atomic E-state index is 0.122. The van der Waals surface area contributed by atoms with Crippen molar-refractivity contribution >= 4 is 11.6 Å². The Hall–Kier alpha value is -2.40. The third kappa shape index (κ3) is 6.48. The Kier molecular flexibility index (Phi) is 6.56. The van der Waals surface area contributed by atoms with Crippen molar-refractivity contribution in [2.24, 2.45) is 0 Å². The lowest BCUT2D eigenvalue weighted by Crippen LogP contribution is -2.31. The first kappa shape index (κ1) is 17.0. The molecule has 0 fully saturated rings. The molecule has 4 nitrogen and oxygen atoms in total. The second-order valence-electron chi connectivity index (χ2n) is 5.31. The van der Waals surface area contributed by atoms with E-state index in [0.717, 1.165) is 18.7 Å². The van der Waals surface area contributed by atoms with E-state index in [-0.39, 0.29) is 18.3 Å². The molecule has 2 rings (SSSR count). The molecule has 5 heteroatoms. The molecule has 0 spiro atoms. The lowest BCUT2D eigenvalue weighted by atomic mass is 10.3. The van der Waals surface area contributed by atoms with Crippen LogP contribution in [0.3, 0.4) is 0 Å². The van der Waals surface area contributed by atoms with Crippen LogP contribution in [0.4, 0.5) is 10.1 Å². The van der Waals surface area contributed by atoms with Gasteiger partial charge in [0.2, 0.25) is 5.91 Å². The number of hydrogen-bond acceptors (Lipinski definition) is 3. The number of nitrogens with one attached hydrogen (secondary N) is 1. The molecule has 1 amide bonds. The van der Waals surface area contributed by atoms with Crippen molar-refractivity contribution in [2.45, 2.75) is 6.42 Å². The summed E-state index contributed by atoms with van der Waals surface area (Å²) in [7, 11) is 1.88. The third-order valence-electron chi connectivity index (χ3n) is 3.24. The second kappa shape index (κ2) is 8.90. The number of halogens is 1. The molecule has 1 N–H and O–H groups in total. The minimum atomic E-state index is -0.321. The van der Waals surface area contributed by atoms with E-state index < -0.39 is 0 Å². The van der Waals surface area contributed by atoms with Crippen LogP contribution in [0.1, 0.15) is 6.42 Å². The zero-order valence-electron chi connectivity index (χ0n) is 13.2. The maximum Gasteiger partial charge on any atom is 0.238 e. The molecule has 0 unspecified atom stereocenters. The summed E-state index contributed by atoms with van der Waals surface area (Å²) in [6.45, 7) is 1.64. The number of anilines is 1. The molecule has 0 bridgehead atoms. The molecule has 0 saturated carbocycles. The van der Waals surface area contributed by atoms with Gasteiger partial charge in [-0.15, -0.1) is 0 Å². The third-order valence-corrected chi connectivity index (χ3v) is 3.24. The maximum atomic E-state index is 12.8. The van der Waals surface area contributed by atoms with E-state index in [2.05, 4.69) is 5.32 Å². The molecular weight excluding hydrogens is 295 g/mol. The summed E-state index contributed by atoms with van der Waals surface area (Å²) in [4.78, 5) is 13.8. The van der Waals surface area contributed by atoms with E-state index in [0.29, 0.717) is 12.3 Å². The molecule has 0 aliphatic rings. The monoisotopic (exact) mass is 316 g/mol. The number of hydrogen-bond donors (Lipinski definition) is 1. The fraction of sp³-hybridized carbons (Fsp3) is 0.278. The molecule has 0 radical (unpaired) electrons. The highest BCUT2D eigenvalue weighted by molar-refractivity contribution is 5.92. The number of benzene rings is 2. The predicted octanol–water partition coefficient (Wildman–Crippen LogP) is 3.17. The van der Waals surface area contributed by atoms with E-state index in [1.54, 1.807) is 12.1 Å². The van der Waals surface area contributed by atoms with Crippen molar-refractivity contribution in [3.63, 3.8) is 0 Å². The SMILES string of the molecule is CN(CCCOc1ccccc1)CC(=O)Nc1ccc(F)cc1. The van der Waals surface area contributed by atoms with Gasteiger partial charge in [0.1, 0.15) is 11.6 Å². The molecule has 0 aromatic heterocycles. The molecule has 2 aromatic rings. The lowest BCUT2D eigenvalue weighted by molar-refractivity contribution is -0.117. The van der Waals surface area contributed by atoms with Gasteiger partial charge in [-0.2, -0.15) is 0 Å². The summed E-state index contributed by atoms with van der Waals surface area (Å²) in [5.74, 6) is 0.408. The van der Waals surface area contributed by atoms with E-state index in [1.165, 1.54) is 12.1 Å². The van der Waals surface area contributed by atoms with Gasteiger partial charge in [-0.05, 0) is 49.9 Å². The van der Waals surface area contributed by atoms with Crippen molar-refractivity contribution in [2.75, 3.05) is 32.1 Å². The Balaban J connectivity index is 1.63. The van der Waals surface area contributed by atoms with Gasteiger partial charge in [-0.25, -0.2) is 4.39 Å².